The summed E-state index contributed by atoms with van der Waals surface area (Å²) in [4.78, 5) is 86.1. The van der Waals surface area contributed by atoms with Gasteiger partial charge in [0.25, 0.3) is 0 Å². The van der Waals surface area contributed by atoms with Crippen molar-refractivity contribution < 1.29 is 128 Å². The van der Waals surface area contributed by atoms with E-state index in [-0.39, 0.29) is 119 Å². The molecule has 315 valence electrons. The van der Waals surface area contributed by atoms with Gasteiger partial charge in [0.2, 0.25) is 0 Å². The Balaban J connectivity index is -0.000000141. The van der Waals surface area contributed by atoms with Gasteiger partial charge in [-0.2, -0.15) is 0 Å². The van der Waals surface area contributed by atoms with E-state index in [9.17, 15) is 38.4 Å². The number of ether oxygens (including phenoxy) is 3. The first-order valence-corrected chi connectivity index (χ1v) is 17.3. The summed E-state index contributed by atoms with van der Waals surface area (Å²) in [5.41, 5.74) is -1.95. The number of Topliss-reactive ketones (excluding diaryl/α,β-unsaturated/α-hetero) is 4. The van der Waals surface area contributed by atoms with Crippen LogP contribution in [0.25, 0.3) is 0 Å². The summed E-state index contributed by atoms with van der Waals surface area (Å²) in [6.07, 6.45) is 2.40. The first-order chi connectivity index (χ1) is 24.3. The maximum atomic E-state index is 11.2. The maximum absolute atomic E-state index is 11.2. The predicted molar refractivity (Wildman–Crippen MR) is 199 cm³/mol. The minimum Gasteiger partial charge on any atom is -0.508 e. The molecule has 0 spiro atoms. The second-order valence-electron chi connectivity index (χ2n) is 13.2. The van der Waals surface area contributed by atoms with Crippen molar-refractivity contribution in [2.45, 2.75) is 146 Å². The number of ketones is 4. The molecule has 17 heteroatoms. The number of carbonyl (C=O) groups is 6. The van der Waals surface area contributed by atoms with Crippen LogP contribution in [0.4, 0.5) is 0 Å². The molecule has 0 amide bonds. The van der Waals surface area contributed by atoms with E-state index in [0.717, 1.165) is 6.07 Å². The average molecular weight is 1230 g/mol. The van der Waals surface area contributed by atoms with Crippen LogP contribution in [0.15, 0.2) is 42.7 Å². The summed E-state index contributed by atoms with van der Waals surface area (Å²) in [7, 11) is 1.52. The third-order valence-corrected chi connectivity index (χ3v) is 5.69. The first kappa shape index (κ1) is 65.3. The molecule has 56 heavy (non-hydrogen) atoms. The second kappa shape index (κ2) is 35.6. The van der Waals surface area contributed by atoms with Gasteiger partial charge in [-0.05, 0) is 48.5 Å². The van der Waals surface area contributed by atoms with E-state index < -0.39 is 28.8 Å². The Labute approximate surface area is 380 Å². The van der Waals surface area contributed by atoms with E-state index in [4.69, 9.17) is 28.2 Å². The number of hydrogen-bond acceptors (Lipinski definition) is 14. The number of methoxy groups -OCH3 is 1. The van der Waals surface area contributed by atoms with Crippen LogP contribution in [0.3, 0.4) is 0 Å². The van der Waals surface area contributed by atoms with Gasteiger partial charge in [-0.15, -0.1) is 0 Å². The summed E-state index contributed by atoms with van der Waals surface area (Å²) < 4.78 is 24.2. The van der Waals surface area contributed by atoms with Gasteiger partial charge < -0.3 is 28.2 Å². The van der Waals surface area contributed by atoms with Crippen molar-refractivity contribution in [3.63, 3.8) is 0 Å². The monoisotopic (exact) mass is 1230 g/mol. The summed E-state index contributed by atoms with van der Waals surface area (Å²) in [5, 5.41) is 8.86. The molecular weight excluding hydrogens is 1170 g/mol. The number of aromatic hydroxyl groups is 1. The molecule has 2 aromatic heterocycles. The molecule has 2 aromatic rings. The fourth-order valence-electron chi connectivity index (χ4n) is 3.26. The second-order valence-corrected chi connectivity index (χ2v) is 13.2. The van der Waals surface area contributed by atoms with Crippen LogP contribution in [0.2, 0.25) is 0 Å². The largest absolute Gasteiger partial charge is 0.508 e. The van der Waals surface area contributed by atoms with Gasteiger partial charge in [0.15, 0.2) is 5.78 Å². The van der Waals surface area contributed by atoms with Crippen LogP contribution in [0.5, 0.6) is 11.5 Å². The van der Waals surface area contributed by atoms with E-state index >= 15 is 0 Å². The molecule has 0 aliphatic rings. The number of rotatable bonds is 12. The fourth-order valence-corrected chi connectivity index (χ4v) is 3.26. The quantitative estimate of drug-likeness (QED) is 0.179. The van der Waals surface area contributed by atoms with E-state index in [1.54, 1.807) is 54.5 Å². The van der Waals surface area contributed by atoms with Crippen LogP contribution in [0, 0.1) is 31.1 Å². The van der Waals surface area contributed by atoms with Crippen molar-refractivity contribution in [2.24, 2.45) is 0 Å². The van der Waals surface area contributed by atoms with E-state index in [1.807, 2.05) is 27.7 Å². The molecule has 2 heterocycles. The molecule has 0 aliphatic heterocycles. The van der Waals surface area contributed by atoms with E-state index in [2.05, 4.69) is 0 Å². The standard InChI is InChI=1S/C11H18O4.C8H10O3.C8H14O3.C7H8O3.C5H10O.U.V.W/c1-5-8(12)6-9(13)7-10(14)15-11(2,3)4;1-3-6-4-7(10-2)5-8(9)11-6;1-6(9)5-7(10)11-8(2,3)4;1-2-6-3-5(8)4-7(9)10-6;1-3-5(6)4-2;;;/h5-7H2,1-4H3;4-5H,3H2,1-2H3;5H2,1-4H3;3-4,8H,2H2,1H3;3-4H2,1-2H3;;;. The van der Waals surface area contributed by atoms with Crippen molar-refractivity contribution in [3.8, 4) is 11.5 Å². The predicted octanol–water partition coefficient (Wildman–Crippen LogP) is 6.45. The van der Waals surface area contributed by atoms with Gasteiger partial charge in [0.05, 0.1) is 25.7 Å². The SMILES string of the molecule is CC(=O)CC(=O)OC(C)(C)C.CCC(=O)CC.CCC(=O)CC(=O)CC(=O)OC(C)(C)C.CCc1cc(O)cc(=O)o1.CCc1cc(OC)cc(=O)o1.[U].[V].[W]. The van der Waals surface area contributed by atoms with Crippen LogP contribution in [-0.2, 0) is 90.7 Å². The molecule has 0 atom stereocenters. The zero-order valence-electron chi connectivity index (χ0n) is 35.1. The van der Waals surface area contributed by atoms with Crippen LogP contribution in [0.1, 0.15) is 133 Å². The Kier molecular flexibility index (Phi) is 41.5. The minimum atomic E-state index is -0.591. The molecule has 0 unspecified atom stereocenters. The molecule has 0 fully saturated rings. The van der Waals surface area contributed by atoms with Gasteiger partial charge in [-0.25, -0.2) is 9.59 Å². The summed E-state index contributed by atoms with van der Waals surface area (Å²) in [5.74, 6) is 0.292. The molecule has 2 rings (SSSR count). The van der Waals surface area contributed by atoms with Crippen LogP contribution >= 0.6 is 0 Å². The topological polar surface area (TPSA) is 211 Å². The fraction of sp³-hybridized carbons (Fsp3) is 0.590. The van der Waals surface area contributed by atoms with E-state index in [0.29, 0.717) is 55.2 Å². The molecule has 14 nitrogen and oxygen atoms in total. The summed E-state index contributed by atoms with van der Waals surface area (Å²) in [6.45, 7) is 21.1. The van der Waals surface area contributed by atoms with Crippen LogP contribution < -0.4 is 16.0 Å². The number of hydrogen-bond donors (Lipinski definition) is 1. The Morgan fingerprint density at radius 3 is 1.34 bits per heavy atom. The van der Waals surface area contributed by atoms with Crippen molar-refractivity contribution in [3.05, 3.63) is 56.6 Å². The first-order valence-electron chi connectivity index (χ1n) is 17.3. The Morgan fingerprint density at radius 2 is 1.02 bits per heavy atom. The molecule has 0 saturated heterocycles. The summed E-state index contributed by atoms with van der Waals surface area (Å²) in [6, 6.07) is 5.50. The van der Waals surface area contributed by atoms with Gasteiger partial charge in [-0.1, -0.05) is 34.6 Å². The molecule has 1 N–H and O–H groups in total. The zero-order valence-corrected chi connectivity index (χ0v) is 43.6. The smallest absolute Gasteiger partial charge is 0.339 e. The van der Waals surface area contributed by atoms with Gasteiger partial charge >= 0.3 is 23.2 Å². The zero-order chi connectivity index (χ0) is 41.9. The normalized spacial score (nSPS) is 9.59. The van der Waals surface area contributed by atoms with E-state index in [1.165, 1.54) is 26.2 Å². The van der Waals surface area contributed by atoms with Gasteiger partial charge in [-0.3, -0.25) is 28.8 Å². The number of esters is 2. The van der Waals surface area contributed by atoms with Crippen LogP contribution in [-0.4, -0.2) is 58.5 Å². The molecule has 0 aliphatic carbocycles. The minimum absolute atomic E-state index is 0. The van der Waals surface area contributed by atoms with Crippen molar-refractivity contribution >= 4 is 35.1 Å². The molecule has 0 bridgehead atoms. The Morgan fingerprint density at radius 1 is 0.625 bits per heavy atom. The third-order valence-electron chi connectivity index (χ3n) is 5.69. The molecular formula is C39H60O14UVW. The van der Waals surface area contributed by atoms with Crippen molar-refractivity contribution in [1.29, 1.82) is 0 Å². The average Bonchev–Trinajstić information content (AvgIpc) is 3.02. The molecule has 0 saturated carbocycles. The number of aryl methyl sites for hydroxylation is 2. The summed E-state index contributed by atoms with van der Waals surface area (Å²) >= 11 is 0. The third kappa shape index (κ3) is 42.6. The Hall–Kier alpha value is -2.56. The molecule has 1 radical (unpaired) electrons. The number of carbonyl (C=O) groups excluding carboxylic acids is 6. The molecule has 0 aromatic carbocycles. The van der Waals surface area contributed by atoms with Gasteiger partial charge in [0.1, 0.15) is 64.4 Å². The maximum Gasteiger partial charge on any atom is 0.339 e. The Bertz CT molecular complexity index is 1540. The van der Waals surface area contributed by atoms with Crippen molar-refractivity contribution in [1.82, 2.24) is 0 Å². The van der Waals surface area contributed by atoms with Crippen molar-refractivity contribution in [2.75, 3.05) is 7.11 Å². The van der Waals surface area contributed by atoms with Gasteiger partial charge in [0, 0.05) is 115 Å².